The molecule has 20 heavy (non-hydrogen) atoms. The lowest BCUT2D eigenvalue weighted by Crippen LogP contribution is -2.51. The fourth-order valence-electron chi connectivity index (χ4n) is 1.83. The Bertz CT molecular complexity index is 561. The second-order valence-electron chi connectivity index (χ2n) is 5.98. The van der Waals surface area contributed by atoms with Crippen LogP contribution in [0.4, 0.5) is 0 Å². The Balaban J connectivity index is 3.02. The number of likely N-dealkylation sites (N-methyl/N-ethyl adjacent to an activating group) is 1. The lowest BCUT2D eigenvalue weighted by Gasteiger charge is -2.32. The monoisotopic (exact) mass is 320 g/mol. The van der Waals surface area contributed by atoms with Crippen LogP contribution in [0.2, 0.25) is 0 Å². The van der Waals surface area contributed by atoms with E-state index in [0.717, 1.165) is 5.01 Å². The van der Waals surface area contributed by atoms with Gasteiger partial charge in [0.2, 0.25) is 0 Å². The van der Waals surface area contributed by atoms with Gasteiger partial charge in [-0.2, -0.15) is 4.31 Å². The van der Waals surface area contributed by atoms with Crippen LogP contribution in [-0.4, -0.2) is 37.3 Å². The second kappa shape index (κ2) is 6.07. The first-order valence-corrected chi connectivity index (χ1v) is 8.62. The molecule has 0 saturated heterocycles. The van der Waals surface area contributed by atoms with Crippen molar-refractivity contribution in [2.45, 2.75) is 44.9 Å². The van der Waals surface area contributed by atoms with E-state index in [1.165, 1.54) is 15.6 Å². The average Bonchev–Trinajstić information content (AvgIpc) is 2.63. The molecule has 0 aliphatic carbocycles. The van der Waals surface area contributed by atoms with Crippen molar-refractivity contribution in [2.24, 2.45) is 11.3 Å². The molecule has 0 radical (unpaired) electrons. The van der Waals surface area contributed by atoms with Crippen molar-refractivity contribution >= 4 is 21.4 Å². The summed E-state index contributed by atoms with van der Waals surface area (Å²) in [6, 6.07) is -0.142. The first-order chi connectivity index (χ1) is 9.00. The van der Waals surface area contributed by atoms with Crippen molar-refractivity contribution in [2.75, 3.05) is 13.6 Å². The summed E-state index contributed by atoms with van der Waals surface area (Å²) in [5.41, 5.74) is 3.10. The standard InChI is InChI=1S/C12H24N4O2S2/c1-8-11(19-9(2)14-8)20(17,18)16(6)7-10(15-13)12(3,4)5/h10,15H,7,13H2,1-6H3/t10-/m1/s1. The third-order valence-corrected chi connectivity index (χ3v) is 6.67. The van der Waals surface area contributed by atoms with Crippen LogP contribution in [0.1, 0.15) is 31.5 Å². The highest BCUT2D eigenvalue weighted by Crippen LogP contribution is 2.27. The molecule has 116 valence electrons. The molecule has 1 aromatic rings. The number of aromatic nitrogens is 1. The minimum atomic E-state index is -3.52. The number of thiazole rings is 1. The normalized spacial score (nSPS) is 14.8. The Morgan fingerprint density at radius 1 is 1.40 bits per heavy atom. The molecule has 0 saturated carbocycles. The van der Waals surface area contributed by atoms with E-state index in [1.54, 1.807) is 20.9 Å². The van der Waals surface area contributed by atoms with Gasteiger partial charge in [0, 0.05) is 19.6 Å². The molecule has 8 heteroatoms. The number of nitrogens with zero attached hydrogens (tertiary/aromatic N) is 2. The molecule has 1 heterocycles. The van der Waals surface area contributed by atoms with Crippen molar-refractivity contribution in [3.05, 3.63) is 10.7 Å². The van der Waals surface area contributed by atoms with Gasteiger partial charge in [-0.05, 0) is 19.3 Å². The molecule has 1 atom stereocenters. The third-order valence-electron chi connectivity index (χ3n) is 3.19. The number of sulfonamides is 1. The Morgan fingerprint density at radius 3 is 2.30 bits per heavy atom. The Labute approximate surface area is 125 Å². The molecule has 3 N–H and O–H groups in total. The maximum atomic E-state index is 12.6. The van der Waals surface area contributed by atoms with Gasteiger partial charge in [-0.15, -0.1) is 11.3 Å². The van der Waals surface area contributed by atoms with Crippen molar-refractivity contribution in [3.8, 4) is 0 Å². The maximum Gasteiger partial charge on any atom is 0.254 e. The smallest absolute Gasteiger partial charge is 0.254 e. The van der Waals surface area contributed by atoms with Crippen LogP contribution >= 0.6 is 11.3 Å². The van der Waals surface area contributed by atoms with Gasteiger partial charge in [-0.25, -0.2) is 13.4 Å². The molecule has 0 spiro atoms. The highest BCUT2D eigenvalue weighted by molar-refractivity contribution is 7.91. The summed E-state index contributed by atoms with van der Waals surface area (Å²) in [5, 5.41) is 0.749. The summed E-state index contributed by atoms with van der Waals surface area (Å²) in [6.45, 7) is 9.86. The largest absolute Gasteiger partial charge is 0.271 e. The summed E-state index contributed by atoms with van der Waals surface area (Å²) >= 11 is 1.20. The zero-order valence-electron chi connectivity index (χ0n) is 12.9. The fourth-order valence-corrected chi connectivity index (χ4v) is 4.68. The Morgan fingerprint density at radius 2 is 1.95 bits per heavy atom. The summed E-state index contributed by atoms with van der Waals surface area (Å²) in [4.78, 5) is 4.18. The summed E-state index contributed by atoms with van der Waals surface area (Å²) in [5.74, 6) is 5.54. The molecule has 0 amide bonds. The van der Waals surface area contributed by atoms with E-state index in [1.807, 2.05) is 20.8 Å². The molecule has 0 aliphatic heterocycles. The summed E-state index contributed by atoms with van der Waals surface area (Å²) in [7, 11) is -1.95. The molecule has 1 aromatic heterocycles. The number of nitrogens with two attached hydrogens (primary N) is 1. The predicted molar refractivity (Wildman–Crippen MR) is 82.0 cm³/mol. The molecular formula is C12H24N4O2S2. The van der Waals surface area contributed by atoms with Gasteiger partial charge in [-0.3, -0.25) is 11.3 Å². The van der Waals surface area contributed by atoms with Crippen molar-refractivity contribution in [3.63, 3.8) is 0 Å². The van der Waals surface area contributed by atoms with Crippen LogP contribution in [0.25, 0.3) is 0 Å². The van der Waals surface area contributed by atoms with Crippen molar-refractivity contribution in [1.29, 1.82) is 0 Å². The van der Waals surface area contributed by atoms with E-state index in [-0.39, 0.29) is 11.5 Å². The van der Waals surface area contributed by atoms with Crippen LogP contribution in [0.3, 0.4) is 0 Å². The van der Waals surface area contributed by atoms with E-state index in [4.69, 9.17) is 5.84 Å². The van der Waals surface area contributed by atoms with Crippen molar-refractivity contribution < 1.29 is 8.42 Å². The minimum Gasteiger partial charge on any atom is -0.271 e. The lowest BCUT2D eigenvalue weighted by atomic mass is 9.87. The van der Waals surface area contributed by atoms with Crippen LogP contribution in [0, 0.1) is 19.3 Å². The van der Waals surface area contributed by atoms with E-state index in [0.29, 0.717) is 16.4 Å². The lowest BCUT2D eigenvalue weighted by molar-refractivity contribution is 0.237. The average molecular weight is 320 g/mol. The summed E-state index contributed by atoms with van der Waals surface area (Å²) in [6.07, 6.45) is 0. The minimum absolute atomic E-state index is 0.142. The molecule has 0 bridgehead atoms. The maximum absolute atomic E-state index is 12.6. The number of nitrogens with one attached hydrogen (secondary N) is 1. The summed E-state index contributed by atoms with van der Waals surface area (Å²) < 4.78 is 26.8. The number of hydrogen-bond acceptors (Lipinski definition) is 6. The number of rotatable bonds is 5. The van der Waals surface area contributed by atoms with E-state index >= 15 is 0 Å². The highest BCUT2D eigenvalue weighted by Gasteiger charge is 2.31. The molecule has 0 unspecified atom stereocenters. The van der Waals surface area contributed by atoms with Gasteiger partial charge in [0.05, 0.1) is 10.7 Å². The van der Waals surface area contributed by atoms with Crippen LogP contribution < -0.4 is 11.3 Å². The topological polar surface area (TPSA) is 88.3 Å². The predicted octanol–water partition coefficient (Wildman–Crippen LogP) is 1.26. The molecule has 0 fully saturated rings. The van der Waals surface area contributed by atoms with E-state index in [9.17, 15) is 8.42 Å². The van der Waals surface area contributed by atoms with E-state index < -0.39 is 10.0 Å². The number of aryl methyl sites for hydroxylation is 2. The molecule has 6 nitrogen and oxygen atoms in total. The first kappa shape index (κ1) is 17.5. The zero-order chi connectivity index (χ0) is 15.7. The molecular weight excluding hydrogens is 296 g/mol. The fraction of sp³-hybridized carbons (Fsp3) is 0.750. The Hall–Kier alpha value is -0.540. The third kappa shape index (κ3) is 3.76. The highest BCUT2D eigenvalue weighted by atomic mass is 32.2. The SMILES string of the molecule is Cc1nc(C)c(S(=O)(=O)N(C)C[C@@H](NN)C(C)(C)C)s1. The van der Waals surface area contributed by atoms with Gasteiger partial charge in [0.25, 0.3) is 10.0 Å². The van der Waals surface area contributed by atoms with Crippen molar-refractivity contribution in [1.82, 2.24) is 14.7 Å². The van der Waals surface area contributed by atoms with Crippen LogP contribution in [0.15, 0.2) is 4.21 Å². The Kier molecular flexibility index (Phi) is 5.31. The molecule has 0 aromatic carbocycles. The molecule has 1 rings (SSSR count). The van der Waals surface area contributed by atoms with Crippen LogP contribution in [-0.2, 0) is 10.0 Å². The van der Waals surface area contributed by atoms with Gasteiger partial charge in [0.1, 0.15) is 0 Å². The van der Waals surface area contributed by atoms with Gasteiger partial charge in [-0.1, -0.05) is 20.8 Å². The van der Waals surface area contributed by atoms with Gasteiger partial charge in [0.15, 0.2) is 4.21 Å². The quantitative estimate of drug-likeness (QED) is 0.630. The first-order valence-electron chi connectivity index (χ1n) is 6.36. The van der Waals surface area contributed by atoms with Crippen LogP contribution in [0.5, 0.6) is 0 Å². The second-order valence-corrected chi connectivity index (χ2v) is 9.42. The van der Waals surface area contributed by atoms with Gasteiger partial charge < -0.3 is 0 Å². The number of hydrogen-bond donors (Lipinski definition) is 2. The number of hydrazine groups is 1. The van der Waals surface area contributed by atoms with E-state index in [2.05, 4.69) is 10.4 Å². The molecule has 0 aliphatic rings. The zero-order valence-corrected chi connectivity index (χ0v) is 14.5. The van der Waals surface area contributed by atoms with Gasteiger partial charge >= 0.3 is 0 Å².